The molecule has 0 heterocycles. The van der Waals surface area contributed by atoms with E-state index in [9.17, 15) is 0 Å². The van der Waals surface area contributed by atoms with Gasteiger partial charge in [0.2, 0.25) is 0 Å². The highest BCUT2D eigenvalue weighted by molar-refractivity contribution is 6.17. The van der Waals surface area contributed by atoms with Gasteiger partial charge in [-0.05, 0) is 32.3 Å². The standard InChI is InChI=1S/C18H12.C4H10/c1-3-7-15-13(5-1)9-11-18-16-8-4-2-6-14(16)10-12-17(15)18;1-3-4-2/h1-12H;3-4H2,1-2H3. The lowest BCUT2D eigenvalue weighted by atomic mass is 9.97. The quantitative estimate of drug-likeness (QED) is 0.332. The molecule has 0 fully saturated rings. The zero-order chi connectivity index (χ0) is 15.4. The molecule has 0 saturated carbocycles. The topological polar surface area (TPSA) is 0 Å². The zero-order valence-electron chi connectivity index (χ0n) is 13.3. The first-order valence-electron chi connectivity index (χ1n) is 8.14. The van der Waals surface area contributed by atoms with E-state index in [2.05, 4.69) is 86.6 Å². The van der Waals surface area contributed by atoms with Gasteiger partial charge in [0.15, 0.2) is 0 Å². The first-order chi connectivity index (χ1) is 10.8. The molecule has 0 nitrogen and oxygen atoms in total. The summed E-state index contributed by atoms with van der Waals surface area (Å²) >= 11 is 0. The third kappa shape index (κ3) is 2.69. The molecule has 0 amide bonds. The van der Waals surface area contributed by atoms with Gasteiger partial charge in [0.05, 0.1) is 0 Å². The molecule has 0 unspecified atom stereocenters. The second-order valence-electron chi connectivity index (χ2n) is 5.67. The van der Waals surface area contributed by atoms with E-state index in [0.29, 0.717) is 0 Å². The van der Waals surface area contributed by atoms with Crippen molar-refractivity contribution in [3.63, 3.8) is 0 Å². The van der Waals surface area contributed by atoms with Crippen molar-refractivity contribution in [1.29, 1.82) is 0 Å². The smallest absolute Gasteiger partial charge is 0.00990 e. The molecule has 0 saturated heterocycles. The van der Waals surface area contributed by atoms with Crippen LogP contribution in [0.4, 0.5) is 0 Å². The first-order valence-corrected chi connectivity index (χ1v) is 8.14. The summed E-state index contributed by atoms with van der Waals surface area (Å²) in [7, 11) is 0. The van der Waals surface area contributed by atoms with Crippen molar-refractivity contribution in [3.8, 4) is 0 Å². The van der Waals surface area contributed by atoms with Gasteiger partial charge in [-0.15, -0.1) is 0 Å². The summed E-state index contributed by atoms with van der Waals surface area (Å²) in [5.41, 5.74) is 0. The Morgan fingerprint density at radius 2 is 0.864 bits per heavy atom. The van der Waals surface area contributed by atoms with E-state index in [0.717, 1.165) is 0 Å². The SMILES string of the molecule is CCCC.c1ccc2c(c1)ccc1c3ccccc3ccc21. The van der Waals surface area contributed by atoms with E-state index < -0.39 is 0 Å². The van der Waals surface area contributed by atoms with E-state index in [-0.39, 0.29) is 0 Å². The largest absolute Gasteiger partial charge is 0.0654 e. The summed E-state index contributed by atoms with van der Waals surface area (Å²) in [6.45, 7) is 4.36. The average Bonchev–Trinajstić information content (AvgIpc) is 2.61. The monoisotopic (exact) mass is 286 g/mol. The fourth-order valence-electron chi connectivity index (χ4n) is 2.77. The third-order valence-electron chi connectivity index (χ3n) is 4.15. The molecule has 0 bridgehead atoms. The molecule has 0 N–H and O–H groups in total. The van der Waals surface area contributed by atoms with Crippen molar-refractivity contribution >= 4 is 32.3 Å². The van der Waals surface area contributed by atoms with Gasteiger partial charge in [0, 0.05) is 0 Å². The van der Waals surface area contributed by atoms with Crippen LogP contribution in [-0.4, -0.2) is 0 Å². The van der Waals surface area contributed by atoms with Crippen molar-refractivity contribution < 1.29 is 0 Å². The minimum Gasteiger partial charge on any atom is -0.0654 e. The van der Waals surface area contributed by atoms with E-state index in [1.807, 2.05) is 0 Å². The molecule has 4 aromatic carbocycles. The third-order valence-corrected chi connectivity index (χ3v) is 4.15. The fraction of sp³-hybridized carbons (Fsp3) is 0.182. The molecule has 4 aromatic rings. The number of rotatable bonds is 1. The molecule has 0 heteroatoms. The Kier molecular flexibility index (Phi) is 4.39. The first kappa shape index (κ1) is 14.6. The van der Waals surface area contributed by atoms with Crippen LogP contribution in [0.1, 0.15) is 26.7 Å². The molecular weight excluding hydrogens is 264 g/mol. The van der Waals surface area contributed by atoms with Crippen molar-refractivity contribution in [1.82, 2.24) is 0 Å². The molecule has 0 atom stereocenters. The van der Waals surface area contributed by atoms with E-state index in [1.165, 1.54) is 45.2 Å². The van der Waals surface area contributed by atoms with E-state index in [1.54, 1.807) is 0 Å². The lowest BCUT2D eigenvalue weighted by Crippen LogP contribution is -1.79. The fourth-order valence-corrected chi connectivity index (χ4v) is 2.77. The molecule has 0 aromatic heterocycles. The second-order valence-corrected chi connectivity index (χ2v) is 5.67. The Morgan fingerprint density at radius 3 is 1.27 bits per heavy atom. The Balaban J connectivity index is 0.000000325. The van der Waals surface area contributed by atoms with Crippen LogP contribution in [0.5, 0.6) is 0 Å². The predicted octanol–water partition coefficient (Wildman–Crippen LogP) is 6.95. The van der Waals surface area contributed by atoms with E-state index >= 15 is 0 Å². The van der Waals surface area contributed by atoms with Crippen molar-refractivity contribution in [2.24, 2.45) is 0 Å². The van der Waals surface area contributed by atoms with Crippen LogP contribution in [-0.2, 0) is 0 Å². The van der Waals surface area contributed by atoms with Gasteiger partial charge in [0.1, 0.15) is 0 Å². The minimum absolute atomic E-state index is 1.31. The van der Waals surface area contributed by atoms with Crippen LogP contribution in [0.2, 0.25) is 0 Å². The van der Waals surface area contributed by atoms with Crippen molar-refractivity contribution in [2.75, 3.05) is 0 Å². The van der Waals surface area contributed by atoms with Gasteiger partial charge < -0.3 is 0 Å². The predicted molar refractivity (Wildman–Crippen MR) is 99.5 cm³/mol. The van der Waals surface area contributed by atoms with Crippen molar-refractivity contribution in [2.45, 2.75) is 26.7 Å². The minimum atomic E-state index is 1.31. The van der Waals surface area contributed by atoms with Gasteiger partial charge in [-0.3, -0.25) is 0 Å². The Labute approximate surface area is 132 Å². The molecule has 0 aliphatic carbocycles. The summed E-state index contributed by atoms with van der Waals surface area (Å²) in [5.74, 6) is 0. The van der Waals surface area contributed by atoms with Gasteiger partial charge in [0.25, 0.3) is 0 Å². The normalized spacial score (nSPS) is 10.6. The van der Waals surface area contributed by atoms with Gasteiger partial charge >= 0.3 is 0 Å². The molecule has 22 heavy (non-hydrogen) atoms. The van der Waals surface area contributed by atoms with Crippen molar-refractivity contribution in [3.05, 3.63) is 72.8 Å². The average molecular weight is 286 g/mol. The highest BCUT2D eigenvalue weighted by atomic mass is 14.1. The molecule has 0 aliphatic heterocycles. The zero-order valence-corrected chi connectivity index (χ0v) is 13.3. The maximum absolute atomic E-state index is 2.24. The Morgan fingerprint density at radius 1 is 0.455 bits per heavy atom. The maximum Gasteiger partial charge on any atom is -0.00990 e. The lowest BCUT2D eigenvalue weighted by molar-refractivity contribution is 0.886. The van der Waals surface area contributed by atoms with Gasteiger partial charge in [-0.1, -0.05) is 99.5 Å². The summed E-state index contributed by atoms with van der Waals surface area (Å²) in [6, 6.07) is 26.0. The number of hydrogen-bond acceptors (Lipinski definition) is 0. The van der Waals surface area contributed by atoms with Crippen LogP contribution in [0.25, 0.3) is 32.3 Å². The van der Waals surface area contributed by atoms with Crippen LogP contribution < -0.4 is 0 Å². The number of unbranched alkanes of at least 4 members (excludes halogenated alkanes) is 1. The van der Waals surface area contributed by atoms with Gasteiger partial charge in [-0.25, -0.2) is 0 Å². The number of benzene rings is 4. The lowest BCUT2D eigenvalue weighted by Gasteiger charge is -2.07. The number of fused-ring (bicyclic) bond motifs is 5. The van der Waals surface area contributed by atoms with Gasteiger partial charge in [-0.2, -0.15) is 0 Å². The highest BCUT2D eigenvalue weighted by Gasteiger charge is 2.03. The summed E-state index contributed by atoms with van der Waals surface area (Å²) < 4.78 is 0. The summed E-state index contributed by atoms with van der Waals surface area (Å²) in [4.78, 5) is 0. The highest BCUT2D eigenvalue weighted by Crippen LogP contribution is 2.30. The van der Waals surface area contributed by atoms with Crippen LogP contribution in [0.3, 0.4) is 0 Å². The van der Waals surface area contributed by atoms with Crippen LogP contribution in [0.15, 0.2) is 72.8 Å². The molecule has 0 radical (unpaired) electrons. The Bertz CT molecular complexity index is 826. The second kappa shape index (κ2) is 6.62. The summed E-state index contributed by atoms with van der Waals surface area (Å²) in [5, 5.41) is 7.96. The van der Waals surface area contributed by atoms with E-state index in [4.69, 9.17) is 0 Å². The summed E-state index contributed by atoms with van der Waals surface area (Å²) in [6.07, 6.45) is 2.64. The Hall–Kier alpha value is -2.34. The maximum atomic E-state index is 2.24. The molecule has 4 rings (SSSR count). The molecule has 110 valence electrons. The molecule has 0 spiro atoms. The van der Waals surface area contributed by atoms with Crippen LogP contribution >= 0.6 is 0 Å². The molecule has 0 aliphatic rings. The van der Waals surface area contributed by atoms with Crippen LogP contribution in [0, 0.1) is 0 Å². The number of hydrogen-bond donors (Lipinski definition) is 0. The molecular formula is C22H22.